The van der Waals surface area contributed by atoms with Crippen LogP contribution >= 0.6 is 0 Å². The summed E-state index contributed by atoms with van der Waals surface area (Å²) in [4.78, 5) is 2.51. The minimum absolute atomic E-state index is 0.0657. The topological polar surface area (TPSA) is 35.5 Å². The van der Waals surface area contributed by atoms with E-state index in [4.69, 9.17) is 0 Å². The third kappa shape index (κ3) is 4.09. The SMILES string of the molecule is OC[C@H](NCCN1CCCCC1)c1ccccc1. The van der Waals surface area contributed by atoms with Gasteiger partial charge in [-0.2, -0.15) is 0 Å². The molecule has 1 aromatic rings. The Bertz CT molecular complexity index is 323. The molecule has 0 unspecified atom stereocenters. The zero-order valence-electron chi connectivity index (χ0n) is 11.0. The van der Waals surface area contributed by atoms with E-state index in [2.05, 4.69) is 22.3 Å². The Hall–Kier alpha value is -0.900. The first-order valence-electron chi connectivity index (χ1n) is 7.01. The number of hydrogen-bond donors (Lipinski definition) is 2. The Balaban J connectivity index is 1.73. The summed E-state index contributed by atoms with van der Waals surface area (Å²) in [5, 5.41) is 12.9. The molecule has 0 saturated carbocycles. The van der Waals surface area contributed by atoms with Gasteiger partial charge in [0.15, 0.2) is 0 Å². The van der Waals surface area contributed by atoms with Gasteiger partial charge in [0.25, 0.3) is 0 Å². The number of nitrogens with one attached hydrogen (secondary N) is 1. The number of benzene rings is 1. The van der Waals surface area contributed by atoms with Gasteiger partial charge in [0.1, 0.15) is 0 Å². The molecular weight excluding hydrogens is 224 g/mol. The lowest BCUT2D eigenvalue weighted by Crippen LogP contribution is -2.37. The first-order valence-corrected chi connectivity index (χ1v) is 7.01. The van der Waals surface area contributed by atoms with Gasteiger partial charge in [-0.1, -0.05) is 36.8 Å². The zero-order chi connectivity index (χ0) is 12.6. The second-order valence-electron chi connectivity index (χ2n) is 5.00. The van der Waals surface area contributed by atoms with E-state index in [9.17, 15) is 5.11 Å². The molecule has 1 aromatic carbocycles. The van der Waals surface area contributed by atoms with E-state index in [1.807, 2.05) is 18.2 Å². The van der Waals surface area contributed by atoms with E-state index in [0.29, 0.717) is 0 Å². The van der Waals surface area contributed by atoms with Crippen LogP contribution in [-0.4, -0.2) is 42.8 Å². The van der Waals surface area contributed by atoms with Gasteiger partial charge < -0.3 is 15.3 Å². The van der Waals surface area contributed by atoms with Crippen molar-refractivity contribution in [2.24, 2.45) is 0 Å². The highest BCUT2D eigenvalue weighted by Gasteiger charge is 2.12. The maximum absolute atomic E-state index is 9.44. The fourth-order valence-corrected chi connectivity index (χ4v) is 2.55. The molecule has 3 heteroatoms. The van der Waals surface area contributed by atoms with Crippen LogP contribution in [-0.2, 0) is 0 Å². The summed E-state index contributed by atoms with van der Waals surface area (Å²) in [5.74, 6) is 0. The third-order valence-electron chi connectivity index (χ3n) is 3.65. The molecule has 18 heavy (non-hydrogen) atoms. The van der Waals surface area contributed by atoms with Crippen molar-refractivity contribution >= 4 is 0 Å². The van der Waals surface area contributed by atoms with Crippen molar-refractivity contribution < 1.29 is 5.11 Å². The highest BCUT2D eigenvalue weighted by atomic mass is 16.3. The summed E-state index contributed by atoms with van der Waals surface area (Å²) in [5.41, 5.74) is 1.17. The minimum Gasteiger partial charge on any atom is -0.394 e. The Morgan fingerprint density at radius 3 is 2.50 bits per heavy atom. The van der Waals surface area contributed by atoms with E-state index in [0.717, 1.165) is 13.1 Å². The molecule has 0 aromatic heterocycles. The van der Waals surface area contributed by atoms with Gasteiger partial charge in [-0.15, -0.1) is 0 Å². The summed E-state index contributed by atoms with van der Waals surface area (Å²) in [7, 11) is 0. The van der Waals surface area contributed by atoms with Gasteiger partial charge in [-0.05, 0) is 31.5 Å². The van der Waals surface area contributed by atoms with Gasteiger partial charge in [-0.25, -0.2) is 0 Å². The molecule has 2 rings (SSSR count). The van der Waals surface area contributed by atoms with Crippen LogP contribution in [0.4, 0.5) is 0 Å². The predicted octanol–water partition coefficient (Wildman–Crippen LogP) is 1.80. The fraction of sp³-hybridized carbons (Fsp3) is 0.600. The standard InChI is InChI=1S/C15H24N2O/c18-13-15(14-7-3-1-4-8-14)16-9-12-17-10-5-2-6-11-17/h1,3-4,7-8,15-16,18H,2,5-6,9-13H2/t15-/m0/s1. The van der Waals surface area contributed by atoms with E-state index in [-0.39, 0.29) is 12.6 Å². The first kappa shape index (κ1) is 13.5. The maximum Gasteiger partial charge on any atom is 0.0626 e. The van der Waals surface area contributed by atoms with Gasteiger partial charge in [-0.3, -0.25) is 0 Å². The Morgan fingerprint density at radius 1 is 1.11 bits per heavy atom. The van der Waals surface area contributed by atoms with Crippen LogP contribution in [0.15, 0.2) is 30.3 Å². The van der Waals surface area contributed by atoms with Crippen LogP contribution in [0.2, 0.25) is 0 Å². The molecule has 1 saturated heterocycles. The number of nitrogens with zero attached hydrogens (tertiary/aromatic N) is 1. The zero-order valence-corrected chi connectivity index (χ0v) is 11.0. The molecule has 1 aliphatic heterocycles. The molecule has 0 spiro atoms. The second-order valence-corrected chi connectivity index (χ2v) is 5.00. The Labute approximate surface area is 110 Å². The van der Waals surface area contributed by atoms with Crippen molar-refractivity contribution in [2.75, 3.05) is 32.8 Å². The fourth-order valence-electron chi connectivity index (χ4n) is 2.55. The Morgan fingerprint density at radius 2 is 1.83 bits per heavy atom. The van der Waals surface area contributed by atoms with Crippen LogP contribution in [0.5, 0.6) is 0 Å². The average Bonchev–Trinajstić information content (AvgIpc) is 2.46. The molecule has 0 amide bonds. The van der Waals surface area contributed by atoms with Crippen molar-refractivity contribution in [3.8, 4) is 0 Å². The maximum atomic E-state index is 9.44. The van der Waals surface area contributed by atoms with Crippen molar-refractivity contribution in [1.29, 1.82) is 0 Å². The largest absolute Gasteiger partial charge is 0.394 e. The van der Waals surface area contributed by atoms with Gasteiger partial charge >= 0.3 is 0 Å². The number of rotatable bonds is 6. The number of aliphatic hydroxyl groups is 1. The normalized spacial score (nSPS) is 18.7. The van der Waals surface area contributed by atoms with Crippen LogP contribution < -0.4 is 5.32 Å². The van der Waals surface area contributed by atoms with Gasteiger partial charge in [0, 0.05) is 13.1 Å². The second kappa shape index (κ2) is 7.52. The number of likely N-dealkylation sites (tertiary alicyclic amines) is 1. The summed E-state index contributed by atoms with van der Waals surface area (Å²) < 4.78 is 0. The predicted molar refractivity (Wildman–Crippen MR) is 74.6 cm³/mol. The number of aliphatic hydroxyl groups excluding tert-OH is 1. The van der Waals surface area contributed by atoms with E-state index in [1.54, 1.807) is 0 Å². The van der Waals surface area contributed by atoms with E-state index < -0.39 is 0 Å². The summed E-state index contributed by atoms with van der Waals surface area (Å²) >= 11 is 0. The molecule has 0 radical (unpaired) electrons. The van der Waals surface area contributed by atoms with E-state index in [1.165, 1.54) is 37.9 Å². The van der Waals surface area contributed by atoms with Crippen molar-refractivity contribution in [3.63, 3.8) is 0 Å². The third-order valence-corrected chi connectivity index (χ3v) is 3.65. The molecule has 0 aliphatic carbocycles. The minimum atomic E-state index is 0.0657. The van der Waals surface area contributed by atoms with Crippen LogP contribution in [0.3, 0.4) is 0 Å². The molecule has 2 N–H and O–H groups in total. The van der Waals surface area contributed by atoms with Crippen molar-refractivity contribution in [1.82, 2.24) is 10.2 Å². The number of hydrogen-bond acceptors (Lipinski definition) is 3. The first-order chi connectivity index (χ1) is 8.90. The molecular formula is C15H24N2O. The highest BCUT2D eigenvalue weighted by Crippen LogP contribution is 2.12. The molecule has 1 atom stereocenters. The van der Waals surface area contributed by atoms with Gasteiger partial charge in [0.2, 0.25) is 0 Å². The quantitative estimate of drug-likeness (QED) is 0.806. The smallest absolute Gasteiger partial charge is 0.0626 e. The van der Waals surface area contributed by atoms with Crippen LogP contribution in [0, 0.1) is 0 Å². The van der Waals surface area contributed by atoms with Crippen molar-refractivity contribution in [3.05, 3.63) is 35.9 Å². The average molecular weight is 248 g/mol. The highest BCUT2D eigenvalue weighted by molar-refractivity contribution is 5.18. The summed E-state index contributed by atoms with van der Waals surface area (Å²) in [6.45, 7) is 4.65. The molecule has 1 heterocycles. The van der Waals surface area contributed by atoms with E-state index >= 15 is 0 Å². The summed E-state index contributed by atoms with van der Waals surface area (Å²) in [6, 6.07) is 10.2. The summed E-state index contributed by atoms with van der Waals surface area (Å²) in [6.07, 6.45) is 4.05. The lowest BCUT2D eigenvalue weighted by Gasteiger charge is -2.27. The van der Waals surface area contributed by atoms with Crippen LogP contribution in [0.1, 0.15) is 30.9 Å². The molecule has 0 bridgehead atoms. The monoisotopic (exact) mass is 248 g/mol. The molecule has 1 fully saturated rings. The molecule has 1 aliphatic rings. The molecule has 3 nitrogen and oxygen atoms in total. The number of piperidine rings is 1. The van der Waals surface area contributed by atoms with Gasteiger partial charge in [0.05, 0.1) is 12.6 Å². The van der Waals surface area contributed by atoms with Crippen molar-refractivity contribution in [2.45, 2.75) is 25.3 Å². The molecule has 100 valence electrons. The van der Waals surface area contributed by atoms with Crippen LogP contribution in [0.25, 0.3) is 0 Å². The lowest BCUT2D eigenvalue weighted by atomic mass is 10.1. The Kier molecular flexibility index (Phi) is 5.65. The lowest BCUT2D eigenvalue weighted by molar-refractivity contribution is 0.210.